The minimum absolute atomic E-state index is 0.00625. The Bertz CT molecular complexity index is 277. The van der Waals surface area contributed by atoms with Gasteiger partial charge in [0.25, 0.3) is 0 Å². The summed E-state index contributed by atoms with van der Waals surface area (Å²) >= 11 is 0. The molecule has 0 aromatic rings. The molecule has 0 heterocycles. The van der Waals surface area contributed by atoms with Crippen LogP contribution in [0.25, 0.3) is 0 Å². The van der Waals surface area contributed by atoms with Crippen LogP contribution in [0.5, 0.6) is 0 Å². The summed E-state index contributed by atoms with van der Waals surface area (Å²) in [6.07, 6.45) is -2.25. The number of carbonyl (C=O) groups is 2. The van der Waals surface area contributed by atoms with Crippen LogP contribution in [0.1, 0.15) is 12.8 Å². The fraction of sp³-hybridized carbons (Fsp3) is 0.818. The van der Waals surface area contributed by atoms with Gasteiger partial charge in [0.15, 0.2) is 0 Å². The molecule has 0 saturated carbocycles. The van der Waals surface area contributed by atoms with E-state index in [0.29, 0.717) is 11.0 Å². The fourth-order valence-corrected chi connectivity index (χ4v) is 1.17. The maximum atomic E-state index is 10.0. The van der Waals surface area contributed by atoms with Crippen LogP contribution >= 0.6 is 0 Å². The van der Waals surface area contributed by atoms with Crippen molar-refractivity contribution in [3.63, 3.8) is 0 Å². The molecule has 0 spiro atoms. The molecular formula is C11H24N2O6. The van der Waals surface area contributed by atoms with Crippen molar-refractivity contribution >= 4 is 11.9 Å². The van der Waals surface area contributed by atoms with E-state index in [1.54, 1.807) is 0 Å². The van der Waals surface area contributed by atoms with E-state index in [9.17, 15) is 14.7 Å². The lowest BCUT2D eigenvalue weighted by Crippen LogP contribution is -2.43. The summed E-state index contributed by atoms with van der Waals surface area (Å²) in [5, 5.41) is 35.7. The van der Waals surface area contributed by atoms with E-state index in [1.165, 1.54) is 0 Å². The lowest BCUT2D eigenvalue weighted by Gasteiger charge is -2.26. The fourth-order valence-electron chi connectivity index (χ4n) is 1.17. The molecule has 0 aromatic carbocycles. The van der Waals surface area contributed by atoms with Gasteiger partial charge in [0, 0.05) is 18.9 Å². The summed E-state index contributed by atoms with van der Waals surface area (Å²) in [6.45, 7) is 0.431. The Kier molecular flexibility index (Phi) is 10.2. The molecule has 8 heteroatoms. The lowest BCUT2D eigenvalue weighted by atomic mass is 10.2. The van der Waals surface area contributed by atoms with E-state index in [-0.39, 0.29) is 19.4 Å². The minimum Gasteiger partial charge on any atom is -0.550 e. The molecule has 0 aliphatic heterocycles. The monoisotopic (exact) mass is 280 g/mol. The van der Waals surface area contributed by atoms with Crippen molar-refractivity contribution in [1.29, 1.82) is 0 Å². The highest BCUT2D eigenvalue weighted by Crippen LogP contribution is 1.97. The molecule has 5 N–H and O–H groups in total. The Labute approximate surface area is 112 Å². The summed E-state index contributed by atoms with van der Waals surface area (Å²) < 4.78 is 0.550. The van der Waals surface area contributed by atoms with Crippen molar-refractivity contribution in [2.45, 2.75) is 25.0 Å². The molecule has 0 bridgehead atoms. The molecule has 0 aromatic heterocycles. The summed E-state index contributed by atoms with van der Waals surface area (Å²) in [5.41, 5.74) is 4.91. The number of likely N-dealkylation sites (N-methyl/N-ethyl adjacent to an activating group) is 1. The van der Waals surface area contributed by atoms with Gasteiger partial charge in [0.2, 0.25) is 0 Å². The standard InChI is InChI=1S/C7H15NO3.C4H9NO3/c1-8(2,3)5-6(9)4-7(10)11;5-2-3(6)1-4(7)8/h6,9H,4-5H2,1-3H3;3,6H,1-2,5H2,(H,7,8)/t6-;3-/m11/s1. The van der Waals surface area contributed by atoms with Crippen molar-refractivity contribution < 1.29 is 34.5 Å². The summed E-state index contributed by atoms with van der Waals surface area (Å²) in [6, 6.07) is 0. The predicted molar refractivity (Wildman–Crippen MR) is 65.8 cm³/mol. The number of aliphatic hydroxyl groups excluding tert-OH is 2. The smallest absolute Gasteiger partial charge is 0.306 e. The Morgan fingerprint density at radius 1 is 1.16 bits per heavy atom. The maximum absolute atomic E-state index is 10.0. The predicted octanol–water partition coefficient (Wildman–Crippen LogP) is -3.03. The van der Waals surface area contributed by atoms with Crippen LogP contribution in [0.3, 0.4) is 0 Å². The van der Waals surface area contributed by atoms with Gasteiger partial charge < -0.3 is 35.4 Å². The van der Waals surface area contributed by atoms with Gasteiger partial charge in [-0.3, -0.25) is 4.79 Å². The van der Waals surface area contributed by atoms with Crippen molar-refractivity contribution in [1.82, 2.24) is 0 Å². The number of nitrogens with zero attached hydrogens (tertiary/aromatic N) is 1. The van der Waals surface area contributed by atoms with Crippen molar-refractivity contribution in [3.05, 3.63) is 0 Å². The Morgan fingerprint density at radius 3 is 1.84 bits per heavy atom. The molecular weight excluding hydrogens is 256 g/mol. The van der Waals surface area contributed by atoms with Crippen molar-refractivity contribution in [2.24, 2.45) is 5.73 Å². The molecule has 0 amide bonds. The summed E-state index contributed by atoms with van der Waals surface area (Å²) in [7, 11) is 5.66. The van der Waals surface area contributed by atoms with Crippen LogP contribution < -0.4 is 10.8 Å². The highest BCUT2D eigenvalue weighted by Gasteiger charge is 2.14. The largest absolute Gasteiger partial charge is 0.550 e. The number of carboxylic acid groups (broad SMARTS) is 2. The third-order valence-corrected chi connectivity index (χ3v) is 1.84. The number of rotatable bonds is 7. The van der Waals surface area contributed by atoms with E-state index in [1.807, 2.05) is 21.1 Å². The number of carbonyl (C=O) groups excluding carboxylic acids is 1. The second-order valence-electron chi connectivity index (χ2n) is 5.19. The first kappa shape index (κ1) is 20.1. The molecule has 0 rings (SSSR count). The van der Waals surface area contributed by atoms with E-state index in [4.69, 9.17) is 21.1 Å². The van der Waals surface area contributed by atoms with Gasteiger partial charge in [-0.25, -0.2) is 0 Å². The Hall–Kier alpha value is -1.22. The first-order valence-electron chi connectivity index (χ1n) is 5.76. The highest BCUT2D eigenvalue weighted by molar-refractivity contribution is 5.67. The first-order chi connectivity index (χ1) is 8.47. The number of carboxylic acids is 2. The zero-order chi connectivity index (χ0) is 15.6. The molecule has 0 aliphatic rings. The molecule has 0 unspecified atom stereocenters. The van der Waals surface area contributed by atoms with Crippen LogP contribution in [0.15, 0.2) is 0 Å². The third-order valence-electron chi connectivity index (χ3n) is 1.84. The molecule has 2 atom stereocenters. The van der Waals surface area contributed by atoms with Crippen LogP contribution in [0.4, 0.5) is 0 Å². The van der Waals surface area contributed by atoms with Crippen LogP contribution in [-0.4, -0.2) is 78.2 Å². The number of aliphatic carboxylic acids is 2. The zero-order valence-electron chi connectivity index (χ0n) is 11.6. The average molecular weight is 280 g/mol. The van der Waals surface area contributed by atoms with Crippen LogP contribution in [0.2, 0.25) is 0 Å². The summed E-state index contributed by atoms with van der Waals surface area (Å²) in [5.74, 6) is -2.23. The third kappa shape index (κ3) is 19.3. The number of hydrogen-bond acceptors (Lipinski definition) is 6. The molecule has 8 nitrogen and oxygen atoms in total. The topological polar surface area (TPSA) is 144 Å². The molecule has 0 saturated heterocycles. The molecule has 0 fully saturated rings. The Balaban J connectivity index is 0. The first-order valence-corrected chi connectivity index (χ1v) is 5.76. The second kappa shape index (κ2) is 9.68. The molecule has 114 valence electrons. The van der Waals surface area contributed by atoms with E-state index >= 15 is 0 Å². The minimum atomic E-state index is -1.20. The summed E-state index contributed by atoms with van der Waals surface area (Å²) in [4.78, 5) is 19.8. The highest BCUT2D eigenvalue weighted by atomic mass is 16.4. The van der Waals surface area contributed by atoms with Crippen molar-refractivity contribution in [2.75, 3.05) is 34.2 Å². The molecule has 0 aliphatic carbocycles. The molecule has 0 radical (unpaired) electrons. The second-order valence-corrected chi connectivity index (χ2v) is 5.19. The van der Waals surface area contributed by atoms with Gasteiger partial charge in [-0.2, -0.15) is 0 Å². The van der Waals surface area contributed by atoms with Gasteiger partial charge in [-0.05, 0) is 0 Å². The van der Waals surface area contributed by atoms with Gasteiger partial charge in [-0.15, -0.1) is 0 Å². The van der Waals surface area contributed by atoms with Crippen LogP contribution in [-0.2, 0) is 9.59 Å². The zero-order valence-corrected chi connectivity index (χ0v) is 11.6. The van der Waals surface area contributed by atoms with Crippen molar-refractivity contribution in [3.8, 4) is 0 Å². The molecule has 19 heavy (non-hydrogen) atoms. The van der Waals surface area contributed by atoms with E-state index in [0.717, 1.165) is 0 Å². The van der Waals surface area contributed by atoms with E-state index < -0.39 is 24.1 Å². The van der Waals surface area contributed by atoms with E-state index in [2.05, 4.69) is 0 Å². The SMILES string of the molecule is C[N+](C)(C)C[C@H](O)CC(=O)[O-].NC[C@H](O)CC(=O)O. The number of aliphatic hydroxyl groups is 2. The van der Waals surface area contributed by atoms with Gasteiger partial charge in [-0.1, -0.05) is 0 Å². The number of nitrogens with two attached hydrogens (primary N) is 1. The normalized spacial score (nSPS) is 14.0. The number of quaternary nitrogens is 1. The van der Waals surface area contributed by atoms with Crippen LogP contribution in [0, 0.1) is 0 Å². The van der Waals surface area contributed by atoms with Gasteiger partial charge >= 0.3 is 5.97 Å². The van der Waals surface area contributed by atoms with Gasteiger partial charge in [0.1, 0.15) is 12.6 Å². The quantitative estimate of drug-likeness (QED) is 0.363. The average Bonchev–Trinajstić information content (AvgIpc) is 2.12. The number of hydrogen-bond donors (Lipinski definition) is 4. The maximum Gasteiger partial charge on any atom is 0.306 e. The van der Waals surface area contributed by atoms with Gasteiger partial charge in [0.05, 0.1) is 33.7 Å². The Morgan fingerprint density at radius 2 is 1.63 bits per heavy atom. The lowest BCUT2D eigenvalue weighted by molar-refractivity contribution is -0.873.